The Morgan fingerprint density at radius 3 is 2.32 bits per heavy atom. The van der Waals surface area contributed by atoms with Gasteiger partial charge in [-0.1, -0.05) is 0 Å². The van der Waals surface area contributed by atoms with Crippen LogP contribution in [0, 0.1) is 11.8 Å². The second-order valence-electron chi connectivity index (χ2n) is 8.87. The van der Waals surface area contributed by atoms with E-state index in [0.29, 0.717) is 32.8 Å². The summed E-state index contributed by atoms with van der Waals surface area (Å²) in [6.45, 7) is 14.1. The molecule has 1 atom stereocenters. The maximum Gasteiger partial charge on any atom is 0.215 e. The molecule has 3 heterocycles. The number of hydrogen-bond donors (Lipinski definition) is 0. The van der Waals surface area contributed by atoms with Crippen LogP contribution in [-0.2, 0) is 14.8 Å². The molecule has 0 saturated carbocycles. The van der Waals surface area contributed by atoms with Gasteiger partial charge in [-0.25, -0.2) is 8.42 Å². The van der Waals surface area contributed by atoms with Crippen molar-refractivity contribution in [1.82, 2.24) is 14.1 Å². The lowest BCUT2D eigenvalue weighted by Crippen LogP contribution is -2.59. The highest BCUT2D eigenvalue weighted by Crippen LogP contribution is 2.34. The van der Waals surface area contributed by atoms with Gasteiger partial charge < -0.3 is 9.64 Å². The van der Waals surface area contributed by atoms with Crippen LogP contribution in [0.5, 0.6) is 0 Å². The summed E-state index contributed by atoms with van der Waals surface area (Å²) in [5.74, 6) is 1.77. The van der Waals surface area contributed by atoms with Crippen molar-refractivity contribution in [3.8, 4) is 0 Å². The SMILES string of the molecule is CC(C)(C)N1CC(C2CCCN(CCS(=O)(=O)N3CCOCC3)C2)C1. The molecule has 1 unspecified atom stereocenters. The zero-order valence-corrected chi connectivity index (χ0v) is 16.9. The van der Waals surface area contributed by atoms with Gasteiger partial charge in [0.1, 0.15) is 0 Å². The van der Waals surface area contributed by atoms with Gasteiger partial charge in [-0.05, 0) is 52.0 Å². The molecule has 6 nitrogen and oxygen atoms in total. The summed E-state index contributed by atoms with van der Waals surface area (Å²) in [5, 5.41) is 0. The number of nitrogens with zero attached hydrogens (tertiary/aromatic N) is 3. The van der Waals surface area contributed by atoms with Gasteiger partial charge in [-0.2, -0.15) is 4.31 Å². The van der Waals surface area contributed by atoms with Gasteiger partial charge in [-0.3, -0.25) is 4.90 Å². The zero-order valence-electron chi connectivity index (χ0n) is 16.1. The van der Waals surface area contributed by atoms with E-state index in [4.69, 9.17) is 4.74 Å². The lowest BCUT2D eigenvalue weighted by Gasteiger charge is -2.52. The number of hydrogen-bond acceptors (Lipinski definition) is 5. The van der Waals surface area contributed by atoms with E-state index < -0.39 is 10.0 Å². The Morgan fingerprint density at radius 1 is 1.00 bits per heavy atom. The minimum Gasteiger partial charge on any atom is -0.379 e. The number of sulfonamides is 1. The van der Waals surface area contributed by atoms with Crippen LogP contribution in [0.15, 0.2) is 0 Å². The lowest BCUT2D eigenvalue weighted by molar-refractivity contribution is -0.0298. The Kier molecular flexibility index (Phi) is 6.10. The highest BCUT2D eigenvalue weighted by Gasteiger charge is 2.39. The van der Waals surface area contributed by atoms with Crippen LogP contribution in [0.4, 0.5) is 0 Å². The predicted octanol–water partition coefficient (Wildman–Crippen LogP) is 1.09. The Labute approximate surface area is 153 Å². The van der Waals surface area contributed by atoms with Crippen molar-refractivity contribution in [2.75, 3.05) is 64.8 Å². The Morgan fingerprint density at radius 2 is 1.68 bits per heavy atom. The third-order valence-corrected chi connectivity index (χ3v) is 7.95. The molecule has 0 amide bonds. The Balaban J connectivity index is 1.44. The maximum absolute atomic E-state index is 12.5. The van der Waals surface area contributed by atoms with Crippen molar-refractivity contribution in [1.29, 1.82) is 0 Å². The molecule has 3 fully saturated rings. The fourth-order valence-corrected chi connectivity index (χ4v) is 5.69. The second-order valence-corrected chi connectivity index (χ2v) is 11.0. The standard InChI is InChI=1S/C18H35N3O3S/c1-18(2,3)20-14-17(15-20)16-5-4-6-19(13-16)9-12-25(22,23)21-7-10-24-11-8-21/h16-17H,4-15H2,1-3H3. The van der Waals surface area contributed by atoms with Crippen molar-refractivity contribution in [2.45, 2.75) is 39.2 Å². The van der Waals surface area contributed by atoms with Crippen LogP contribution in [0.25, 0.3) is 0 Å². The van der Waals surface area contributed by atoms with Gasteiger partial charge in [0.15, 0.2) is 0 Å². The summed E-state index contributed by atoms with van der Waals surface area (Å²) >= 11 is 0. The summed E-state index contributed by atoms with van der Waals surface area (Å²) in [6, 6.07) is 0. The van der Waals surface area contributed by atoms with Crippen LogP contribution in [0.3, 0.4) is 0 Å². The summed E-state index contributed by atoms with van der Waals surface area (Å²) in [4.78, 5) is 4.94. The average Bonchev–Trinajstić information content (AvgIpc) is 2.52. The van der Waals surface area contributed by atoms with Gasteiger partial charge in [-0.15, -0.1) is 0 Å². The quantitative estimate of drug-likeness (QED) is 0.722. The third kappa shape index (κ3) is 4.95. The molecule has 0 aromatic carbocycles. The molecule has 146 valence electrons. The normalized spacial score (nSPS) is 28.8. The van der Waals surface area contributed by atoms with Crippen molar-refractivity contribution < 1.29 is 13.2 Å². The Hall–Kier alpha value is -0.210. The first-order chi connectivity index (χ1) is 11.8. The van der Waals surface area contributed by atoms with Crippen LogP contribution < -0.4 is 0 Å². The Bertz CT molecular complexity index is 534. The first-order valence-electron chi connectivity index (χ1n) is 9.79. The molecule has 3 saturated heterocycles. The highest BCUT2D eigenvalue weighted by molar-refractivity contribution is 7.89. The molecule has 0 aliphatic carbocycles. The monoisotopic (exact) mass is 373 g/mol. The topological polar surface area (TPSA) is 53.1 Å². The van der Waals surface area contributed by atoms with E-state index in [9.17, 15) is 8.42 Å². The number of morpholine rings is 1. The van der Waals surface area contributed by atoms with Crippen molar-refractivity contribution in [3.05, 3.63) is 0 Å². The molecule has 3 rings (SSSR count). The molecule has 3 aliphatic rings. The first-order valence-corrected chi connectivity index (χ1v) is 11.4. The molecule has 0 aromatic heterocycles. The molecule has 0 aromatic rings. The lowest BCUT2D eigenvalue weighted by atomic mass is 9.78. The van der Waals surface area contributed by atoms with Crippen LogP contribution in [0.2, 0.25) is 0 Å². The molecular weight excluding hydrogens is 338 g/mol. The summed E-state index contributed by atoms with van der Waals surface area (Å²) in [5.41, 5.74) is 0.275. The summed E-state index contributed by atoms with van der Waals surface area (Å²) in [6.07, 6.45) is 2.50. The van der Waals surface area contributed by atoms with Crippen LogP contribution in [0.1, 0.15) is 33.6 Å². The number of ether oxygens (including phenoxy) is 1. The minimum atomic E-state index is -3.14. The van der Waals surface area contributed by atoms with Crippen molar-refractivity contribution in [2.24, 2.45) is 11.8 Å². The molecule has 25 heavy (non-hydrogen) atoms. The molecular formula is C18H35N3O3S. The number of likely N-dealkylation sites (tertiary alicyclic amines) is 2. The van der Waals surface area contributed by atoms with E-state index >= 15 is 0 Å². The smallest absolute Gasteiger partial charge is 0.215 e. The molecule has 0 N–H and O–H groups in total. The van der Waals surface area contributed by atoms with E-state index in [2.05, 4.69) is 30.6 Å². The molecule has 0 radical (unpaired) electrons. The van der Waals surface area contributed by atoms with Gasteiger partial charge in [0.25, 0.3) is 0 Å². The largest absolute Gasteiger partial charge is 0.379 e. The molecule has 0 bridgehead atoms. The van der Waals surface area contributed by atoms with E-state index in [1.807, 2.05) is 0 Å². The molecule has 0 spiro atoms. The number of piperidine rings is 1. The van der Waals surface area contributed by atoms with Crippen molar-refractivity contribution >= 4 is 10.0 Å². The predicted molar refractivity (Wildman–Crippen MR) is 100 cm³/mol. The minimum absolute atomic E-state index is 0.249. The number of rotatable bonds is 5. The second kappa shape index (κ2) is 7.80. The van der Waals surface area contributed by atoms with E-state index in [1.165, 1.54) is 25.9 Å². The van der Waals surface area contributed by atoms with E-state index in [-0.39, 0.29) is 11.3 Å². The highest BCUT2D eigenvalue weighted by atomic mass is 32.2. The zero-order chi connectivity index (χ0) is 18.1. The van der Waals surface area contributed by atoms with Crippen LogP contribution >= 0.6 is 0 Å². The summed E-state index contributed by atoms with van der Waals surface area (Å²) < 4.78 is 31.9. The molecule has 3 aliphatic heterocycles. The van der Waals surface area contributed by atoms with Gasteiger partial charge >= 0.3 is 0 Å². The van der Waals surface area contributed by atoms with Crippen LogP contribution in [-0.4, -0.2) is 92.8 Å². The fraction of sp³-hybridized carbons (Fsp3) is 1.00. The molecule has 7 heteroatoms. The van der Waals surface area contributed by atoms with E-state index in [0.717, 1.165) is 24.9 Å². The first kappa shape index (κ1) is 19.5. The average molecular weight is 374 g/mol. The van der Waals surface area contributed by atoms with Crippen molar-refractivity contribution in [3.63, 3.8) is 0 Å². The third-order valence-electron chi connectivity index (χ3n) is 6.10. The van der Waals surface area contributed by atoms with E-state index in [1.54, 1.807) is 4.31 Å². The van der Waals surface area contributed by atoms with Gasteiger partial charge in [0.2, 0.25) is 10.0 Å². The van der Waals surface area contributed by atoms with Gasteiger partial charge in [0, 0.05) is 44.8 Å². The fourth-order valence-electron chi connectivity index (χ4n) is 4.24. The van der Waals surface area contributed by atoms with Gasteiger partial charge in [0.05, 0.1) is 19.0 Å². The maximum atomic E-state index is 12.5. The summed E-state index contributed by atoms with van der Waals surface area (Å²) in [7, 11) is -3.14.